The zero-order valence-electron chi connectivity index (χ0n) is 9.19. The predicted octanol–water partition coefficient (Wildman–Crippen LogP) is 3.15. The summed E-state index contributed by atoms with van der Waals surface area (Å²) in [7, 11) is 0. The Morgan fingerprint density at radius 1 is 0.938 bits per heavy atom. The molecule has 0 atom stereocenters. The van der Waals surface area contributed by atoms with Crippen LogP contribution in [0.25, 0.3) is 10.8 Å². The predicted molar refractivity (Wildman–Crippen MR) is 67.1 cm³/mol. The maximum absolute atomic E-state index is 10.0. The summed E-state index contributed by atoms with van der Waals surface area (Å²) in [6, 6.07) is 12.1. The van der Waals surface area contributed by atoms with Crippen molar-refractivity contribution >= 4 is 16.5 Å². The minimum absolute atomic E-state index is 0.403. The molecular weight excluding hydrogens is 198 g/mol. The van der Waals surface area contributed by atoms with Crippen LogP contribution in [0.1, 0.15) is 12.8 Å². The van der Waals surface area contributed by atoms with Gasteiger partial charge in [0.25, 0.3) is 0 Å². The number of fused-ring (bicyclic) bond motifs is 1. The number of aromatic hydroxyl groups is 1. The minimum Gasteiger partial charge on any atom is -0.506 e. The molecule has 2 aromatic carbocycles. The van der Waals surface area contributed by atoms with E-state index in [-0.39, 0.29) is 0 Å². The molecule has 1 saturated heterocycles. The van der Waals surface area contributed by atoms with Gasteiger partial charge in [-0.2, -0.15) is 0 Å². The Balaban J connectivity index is 2.13. The Morgan fingerprint density at radius 3 is 2.25 bits per heavy atom. The maximum atomic E-state index is 10.0. The molecule has 2 nitrogen and oxygen atoms in total. The molecule has 1 fully saturated rings. The van der Waals surface area contributed by atoms with E-state index in [9.17, 15) is 5.11 Å². The van der Waals surface area contributed by atoms with Crippen LogP contribution in [0.5, 0.6) is 5.75 Å². The molecule has 0 spiro atoms. The van der Waals surface area contributed by atoms with Gasteiger partial charge in [0.05, 0.1) is 5.69 Å². The van der Waals surface area contributed by atoms with Crippen LogP contribution < -0.4 is 4.90 Å². The van der Waals surface area contributed by atoms with Gasteiger partial charge in [0.1, 0.15) is 5.75 Å². The van der Waals surface area contributed by atoms with Crippen molar-refractivity contribution in [2.24, 2.45) is 0 Å². The van der Waals surface area contributed by atoms with Crippen LogP contribution in [0.4, 0.5) is 5.69 Å². The standard InChI is InChI=1S/C14H15NO/c16-14-10-12-6-2-1-5-11(12)9-13(14)15-7-3-4-8-15/h1-2,5-6,9-10,16H,3-4,7-8H2. The van der Waals surface area contributed by atoms with Crippen LogP contribution in [0.15, 0.2) is 36.4 Å². The highest BCUT2D eigenvalue weighted by atomic mass is 16.3. The van der Waals surface area contributed by atoms with Gasteiger partial charge in [0, 0.05) is 13.1 Å². The highest BCUT2D eigenvalue weighted by Gasteiger charge is 2.15. The zero-order valence-corrected chi connectivity index (χ0v) is 9.19. The smallest absolute Gasteiger partial charge is 0.139 e. The number of nitrogens with zero attached hydrogens (tertiary/aromatic N) is 1. The summed E-state index contributed by atoms with van der Waals surface area (Å²) in [5.41, 5.74) is 0.983. The first kappa shape index (κ1) is 9.52. The second-order valence-electron chi connectivity index (χ2n) is 4.38. The van der Waals surface area contributed by atoms with Crippen LogP contribution >= 0.6 is 0 Å². The Bertz CT molecular complexity index is 515. The molecule has 1 N–H and O–H groups in total. The second kappa shape index (κ2) is 3.71. The summed E-state index contributed by atoms with van der Waals surface area (Å²) in [5.74, 6) is 0.403. The van der Waals surface area contributed by atoms with E-state index in [1.165, 1.54) is 18.2 Å². The monoisotopic (exact) mass is 213 g/mol. The summed E-state index contributed by atoms with van der Waals surface area (Å²) in [6.45, 7) is 2.12. The minimum atomic E-state index is 0.403. The van der Waals surface area contributed by atoms with Crippen molar-refractivity contribution < 1.29 is 5.11 Å². The van der Waals surface area contributed by atoms with Gasteiger partial charge in [-0.3, -0.25) is 0 Å². The van der Waals surface area contributed by atoms with Gasteiger partial charge in [-0.1, -0.05) is 24.3 Å². The molecule has 0 bridgehead atoms. The molecule has 3 rings (SSSR count). The van der Waals surface area contributed by atoms with Crippen molar-refractivity contribution in [3.8, 4) is 5.75 Å². The lowest BCUT2D eigenvalue weighted by Crippen LogP contribution is -2.17. The van der Waals surface area contributed by atoms with E-state index in [1.807, 2.05) is 24.3 Å². The van der Waals surface area contributed by atoms with E-state index >= 15 is 0 Å². The fourth-order valence-electron chi connectivity index (χ4n) is 2.43. The van der Waals surface area contributed by atoms with Crippen LogP contribution in [-0.2, 0) is 0 Å². The number of hydrogen-bond donors (Lipinski definition) is 1. The molecule has 0 unspecified atom stereocenters. The Hall–Kier alpha value is -1.70. The number of hydrogen-bond acceptors (Lipinski definition) is 2. The highest BCUT2D eigenvalue weighted by Crippen LogP contribution is 2.33. The van der Waals surface area contributed by atoms with Gasteiger partial charge >= 0.3 is 0 Å². The molecule has 2 aromatic rings. The molecule has 0 amide bonds. The summed E-state index contributed by atoms with van der Waals surface area (Å²) in [6.07, 6.45) is 2.46. The van der Waals surface area contributed by atoms with Gasteiger partial charge in [-0.25, -0.2) is 0 Å². The van der Waals surface area contributed by atoms with Crippen molar-refractivity contribution in [3.05, 3.63) is 36.4 Å². The van der Waals surface area contributed by atoms with Crippen LogP contribution in [-0.4, -0.2) is 18.2 Å². The first-order valence-corrected chi connectivity index (χ1v) is 5.81. The lowest BCUT2D eigenvalue weighted by atomic mass is 10.1. The van der Waals surface area contributed by atoms with Crippen molar-refractivity contribution in [3.63, 3.8) is 0 Å². The van der Waals surface area contributed by atoms with Crippen molar-refractivity contribution in [2.45, 2.75) is 12.8 Å². The molecule has 0 radical (unpaired) electrons. The van der Waals surface area contributed by atoms with Crippen LogP contribution in [0.3, 0.4) is 0 Å². The first-order valence-electron chi connectivity index (χ1n) is 5.81. The Kier molecular flexibility index (Phi) is 2.21. The molecule has 82 valence electrons. The number of anilines is 1. The molecule has 16 heavy (non-hydrogen) atoms. The Morgan fingerprint density at radius 2 is 1.56 bits per heavy atom. The van der Waals surface area contributed by atoms with E-state index < -0.39 is 0 Å². The van der Waals surface area contributed by atoms with E-state index in [4.69, 9.17) is 0 Å². The molecule has 2 heteroatoms. The lowest BCUT2D eigenvalue weighted by molar-refractivity contribution is 0.475. The summed E-state index contributed by atoms with van der Waals surface area (Å²) >= 11 is 0. The van der Waals surface area contributed by atoms with Crippen LogP contribution in [0.2, 0.25) is 0 Å². The summed E-state index contributed by atoms with van der Waals surface area (Å²) in [5, 5.41) is 12.3. The number of rotatable bonds is 1. The second-order valence-corrected chi connectivity index (χ2v) is 4.38. The molecule has 0 aromatic heterocycles. The summed E-state index contributed by atoms with van der Waals surface area (Å²) < 4.78 is 0. The molecule has 1 aliphatic rings. The fourth-order valence-corrected chi connectivity index (χ4v) is 2.43. The van der Waals surface area contributed by atoms with Crippen molar-refractivity contribution in [1.82, 2.24) is 0 Å². The zero-order chi connectivity index (χ0) is 11.0. The van der Waals surface area contributed by atoms with E-state index in [1.54, 1.807) is 0 Å². The van der Waals surface area contributed by atoms with E-state index in [2.05, 4.69) is 17.0 Å². The lowest BCUT2D eigenvalue weighted by Gasteiger charge is -2.19. The third-order valence-electron chi connectivity index (χ3n) is 3.29. The average molecular weight is 213 g/mol. The largest absolute Gasteiger partial charge is 0.506 e. The third-order valence-corrected chi connectivity index (χ3v) is 3.29. The van der Waals surface area contributed by atoms with Gasteiger partial charge in [-0.05, 0) is 35.7 Å². The number of phenolic OH excluding ortho intramolecular Hbond substituents is 1. The fraction of sp³-hybridized carbons (Fsp3) is 0.286. The Labute approximate surface area is 95.1 Å². The molecule has 1 heterocycles. The number of phenols is 1. The van der Waals surface area contributed by atoms with Gasteiger partial charge < -0.3 is 10.0 Å². The molecule has 0 aliphatic carbocycles. The molecular formula is C14H15NO. The SMILES string of the molecule is Oc1cc2ccccc2cc1N1CCCC1. The van der Waals surface area contributed by atoms with Gasteiger partial charge in [0.15, 0.2) is 0 Å². The van der Waals surface area contributed by atoms with Gasteiger partial charge in [-0.15, -0.1) is 0 Å². The molecule has 0 saturated carbocycles. The third kappa shape index (κ3) is 1.51. The average Bonchev–Trinajstić information content (AvgIpc) is 2.81. The van der Waals surface area contributed by atoms with Crippen LogP contribution in [0, 0.1) is 0 Å². The topological polar surface area (TPSA) is 23.5 Å². The quantitative estimate of drug-likeness (QED) is 0.786. The normalized spacial score (nSPS) is 15.9. The molecule has 1 aliphatic heterocycles. The maximum Gasteiger partial charge on any atom is 0.139 e. The van der Waals surface area contributed by atoms with Crippen molar-refractivity contribution in [2.75, 3.05) is 18.0 Å². The first-order chi connectivity index (χ1) is 7.84. The van der Waals surface area contributed by atoms with Crippen molar-refractivity contribution in [1.29, 1.82) is 0 Å². The number of benzene rings is 2. The van der Waals surface area contributed by atoms with E-state index in [0.717, 1.165) is 24.2 Å². The summed E-state index contributed by atoms with van der Waals surface area (Å²) in [4.78, 5) is 2.27. The van der Waals surface area contributed by atoms with E-state index in [0.29, 0.717) is 5.75 Å². The highest BCUT2D eigenvalue weighted by molar-refractivity contribution is 5.88. The van der Waals surface area contributed by atoms with Gasteiger partial charge in [0.2, 0.25) is 0 Å².